The second-order valence-electron chi connectivity index (χ2n) is 7.26. The van der Waals surface area contributed by atoms with E-state index < -0.39 is 18.1 Å². The second kappa shape index (κ2) is 7.50. The van der Waals surface area contributed by atoms with Crippen molar-refractivity contribution in [2.45, 2.75) is 37.0 Å². The summed E-state index contributed by atoms with van der Waals surface area (Å²) in [5, 5.41) is 5.81. The van der Waals surface area contributed by atoms with E-state index in [1.165, 1.54) is 27.8 Å². The molecule has 0 spiro atoms. The van der Waals surface area contributed by atoms with Crippen molar-refractivity contribution in [1.29, 1.82) is 0 Å². The Morgan fingerprint density at radius 2 is 2.21 bits per heavy atom. The molecule has 2 N–H and O–H groups in total. The van der Waals surface area contributed by atoms with Crippen LogP contribution in [0.2, 0.25) is 0 Å². The standard InChI is InChI=1S/C18H22N4O5S/c1-28-9-14(23)19-10-7-12-16(24)20-11-4-5-21(15(11)18(26)22(12)8-10)17(25)13-3-2-6-27-13/h2-3,6,10-12,15H,4-5,7-9H2,1H3,(H,19,23)(H,20,24)/t10-,11-,12+,15-/m0/s1. The fraction of sp³-hybridized carbons (Fsp3) is 0.556. The second-order valence-corrected chi connectivity index (χ2v) is 8.13. The largest absolute Gasteiger partial charge is 0.459 e. The molecule has 3 aliphatic rings. The number of rotatable bonds is 4. The van der Waals surface area contributed by atoms with Gasteiger partial charge in [0.1, 0.15) is 12.1 Å². The highest BCUT2D eigenvalue weighted by Crippen LogP contribution is 2.30. The van der Waals surface area contributed by atoms with E-state index in [0.29, 0.717) is 25.1 Å². The van der Waals surface area contributed by atoms with E-state index in [2.05, 4.69) is 10.6 Å². The molecular formula is C18H22N4O5S. The van der Waals surface area contributed by atoms with Crippen molar-refractivity contribution in [2.75, 3.05) is 25.1 Å². The van der Waals surface area contributed by atoms with Crippen LogP contribution in [0.4, 0.5) is 0 Å². The molecule has 4 amide bonds. The van der Waals surface area contributed by atoms with E-state index in [4.69, 9.17) is 4.42 Å². The summed E-state index contributed by atoms with van der Waals surface area (Å²) in [5.41, 5.74) is 0. The summed E-state index contributed by atoms with van der Waals surface area (Å²) in [6.45, 7) is 0.635. The Bertz CT molecular complexity index is 798. The van der Waals surface area contributed by atoms with Gasteiger partial charge in [-0.15, -0.1) is 0 Å². The molecule has 1 aromatic heterocycles. The number of likely N-dealkylation sites (tertiary alicyclic amines) is 1. The molecule has 3 fully saturated rings. The summed E-state index contributed by atoms with van der Waals surface area (Å²) in [5.74, 6) is -0.456. The van der Waals surface area contributed by atoms with Gasteiger partial charge in [-0.3, -0.25) is 19.2 Å². The number of amides is 4. The van der Waals surface area contributed by atoms with Crippen molar-refractivity contribution >= 4 is 35.4 Å². The van der Waals surface area contributed by atoms with Gasteiger partial charge in [0, 0.05) is 19.1 Å². The number of hydrogen-bond donors (Lipinski definition) is 2. The van der Waals surface area contributed by atoms with Crippen LogP contribution in [0, 0.1) is 0 Å². The van der Waals surface area contributed by atoms with Gasteiger partial charge >= 0.3 is 0 Å². The predicted molar refractivity (Wildman–Crippen MR) is 101 cm³/mol. The van der Waals surface area contributed by atoms with Gasteiger partial charge in [-0.05, 0) is 31.2 Å². The van der Waals surface area contributed by atoms with Gasteiger partial charge < -0.3 is 24.9 Å². The molecule has 150 valence electrons. The molecule has 1 aromatic rings. The highest BCUT2D eigenvalue weighted by Gasteiger charge is 2.52. The third-order valence-corrected chi connectivity index (χ3v) is 6.05. The molecule has 4 atom stereocenters. The Labute approximate surface area is 166 Å². The van der Waals surface area contributed by atoms with Gasteiger partial charge in [0.05, 0.1) is 18.1 Å². The van der Waals surface area contributed by atoms with Crippen LogP contribution in [-0.2, 0) is 14.4 Å². The van der Waals surface area contributed by atoms with E-state index >= 15 is 0 Å². The minimum atomic E-state index is -0.757. The monoisotopic (exact) mass is 406 g/mol. The molecule has 0 bridgehead atoms. The number of furan rings is 1. The minimum Gasteiger partial charge on any atom is -0.459 e. The molecule has 3 saturated heterocycles. The molecule has 10 heteroatoms. The van der Waals surface area contributed by atoms with Crippen molar-refractivity contribution in [1.82, 2.24) is 20.4 Å². The maximum Gasteiger partial charge on any atom is 0.290 e. The van der Waals surface area contributed by atoms with Gasteiger partial charge in [-0.2, -0.15) is 11.8 Å². The minimum absolute atomic E-state index is 0.114. The number of hydrogen-bond acceptors (Lipinski definition) is 6. The molecule has 0 radical (unpaired) electrons. The number of fused-ring (bicyclic) bond motifs is 2. The maximum atomic E-state index is 13.3. The molecule has 0 aromatic carbocycles. The first-order chi connectivity index (χ1) is 13.5. The van der Waals surface area contributed by atoms with Crippen LogP contribution in [0.5, 0.6) is 0 Å². The highest BCUT2D eigenvalue weighted by atomic mass is 32.2. The van der Waals surface area contributed by atoms with Crippen LogP contribution in [0.25, 0.3) is 0 Å². The lowest BCUT2D eigenvalue weighted by molar-refractivity contribution is -0.138. The lowest BCUT2D eigenvalue weighted by Gasteiger charge is -2.28. The molecule has 4 rings (SSSR count). The van der Waals surface area contributed by atoms with E-state index in [1.807, 2.05) is 6.26 Å². The first kappa shape index (κ1) is 18.9. The quantitative estimate of drug-likeness (QED) is 0.693. The fourth-order valence-corrected chi connectivity index (χ4v) is 4.65. The van der Waals surface area contributed by atoms with E-state index in [0.717, 1.165) is 0 Å². The number of carbonyl (C=O) groups is 4. The molecule has 9 nitrogen and oxygen atoms in total. The van der Waals surface area contributed by atoms with Gasteiger partial charge in [0.2, 0.25) is 17.7 Å². The topological polar surface area (TPSA) is 112 Å². The first-order valence-corrected chi connectivity index (χ1v) is 10.6. The normalized spacial score (nSPS) is 29.2. The smallest absolute Gasteiger partial charge is 0.290 e. The van der Waals surface area contributed by atoms with Crippen molar-refractivity contribution in [3.63, 3.8) is 0 Å². The lowest BCUT2D eigenvalue weighted by atomic mass is 10.1. The van der Waals surface area contributed by atoms with Crippen LogP contribution in [0.1, 0.15) is 23.4 Å². The van der Waals surface area contributed by atoms with Crippen molar-refractivity contribution < 1.29 is 23.6 Å². The van der Waals surface area contributed by atoms with E-state index in [-0.39, 0.29) is 42.0 Å². The molecule has 28 heavy (non-hydrogen) atoms. The van der Waals surface area contributed by atoms with Gasteiger partial charge in [0.25, 0.3) is 5.91 Å². The Hall–Kier alpha value is -2.49. The third kappa shape index (κ3) is 3.25. The summed E-state index contributed by atoms with van der Waals surface area (Å²) in [4.78, 5) is 53.6. The SMILES string of the molecule is CSCC(=O)N[C@H]1C[C@@H]2C(=O)N[C@H]3CCN(C(=O)c4ccco4)[C@@H]3C(=O)N2C1. The molecule has 0 aliphatic carbocycles. The molecule has 4 heterocycles. The third-order valence-electron chi connectivity index (χ3n) is 5.50. The Kier molecular flexibility index (Phi) is 5.05. The first-order valence-electron chi connectivity index (χ1n) is 9.23. The van der Waals surface area contributed by atoms with Crippen LogP contribution >= 0.6 is 11.8 Å². The number of thioether (sulfide) groups is 1. The number of nitrogens with one attached hydrogen (secondary N) is 2. The zero-order valence-electron chi connectivity index (χ0n) is 15.4. The van der Waals surface area contributed by atoms with Gasteiger partial charge in [0.15, 0.2) is 5.76 Å². The average molecular weight is 406 g/mol. The van der Waals surface area contributed by atoms with Crippen LogP contribution in [-0.4, -0.2) is 82.7 Å². The summed E-state index contributed by atoms with van der Waals surface area (Å²) < 4.78 is 5.19. The zero-order valence-corrected chi connectivity index (χ0v) is 16.2. The number of carbonyl (C=O) groups excluding carboxylic acids is 4. The van der Waals surface area contributed by atoms with Crippen molar-refractivity contribution in [3.05, 3.63) is 24.2 Å². The molecule has 3 aliphatic heterocycles. The molecule has 0 unspecified atom stereocenters. The molecule has 0 saturated carbocycles. The summed E-state index contributed by atoms with van der Waals surface area (Å²) >= 11 is 1.41. The number of nitrogens with zero attached hydrogens (tertiary/aromatic N) is 2. The van der Waals surface area contributed by atoms with Crippen LogP contribution in [0.3, 0.4) is 0 Å². The lowest BCUT2D eigenvalue weighted by Crippen LogP contribution is -2.52. The van der Waals surface area contributed by atoms with Crippen molar-refractivity contribution in [2.24, 2.45) is 0 Å². The Morgan fingerprint density at radius 3 is 2.93 bits per heavy atom. The van der Waals surface area contributed by atoms with Gasteiger partial charge in [-0.1, -0.05) is 0 Å². The summed E-state index contributed by atoms with van der Waals surface area (Å²) in [6, 6.07) is 1.12. The average Bonchev–Trinajstić information content (AvgIpc) is 3.39. The summed E-state index contributed by atoms with van der Waals surface area (Å²) in [7, 11) is 0. The Morgan fingerprint density at radius 1 is 1.39 bits per heavy atom. The maximum absolute atomic E-state index is 13.3. The fourth-order valence-electron chi connectivity index (χ4n) is 4.30. The van der Waals surface area contributed by atoms with E-state index in [9.17, 15) is 19.2 Å². The highest BCUT2D eigenvalue weighted by molar-refractivity contribution is 7.99. The van der Waals surface area contributed by atoms with Crippen LogP contribution in [0.15, 0.2) is 22.8 Å². The zero-order chi connectivity index (χ0) is 19.8. The predicted octanol–water partition coefficient (Wildman–Crippen LogP) is -0.559. The van der Waals surface area contributed by atoms with E-state index in [1.54, 1.807) is 12.1 Å². The van der Waals surface area contributed by atoms with Crippen molar-refractivity contribution in [3.8, 4) is 0 Å². The Balaban J connectivity index is 1.54. The summed E-state index contributed by atoms with van der Waals surface area (Å²) in [6.07, 6.45) is 4.14. The molecular weight excluding hydrogens is 384 g/mol. The van der Waals surface area contributed by atoms with Crippen LogP contribution < -0.4 is 10.6 Å². The van der Waals surface area contributed by atoms with Gasteiger partial charge in [-0.25, -0.2) is 0 Å².